The third-order valence-corrected chi connectivity index (χ3v) is 5.63. The van der Waals surface area contributed by atoms with Gasteiger partial charge in [-0.05, 0) is 55.1 Å². The van der Waals surface area contributed by atoms with Crippen LogP contribution in [0.15, 0.2) is 30.3 Å². The van der Waals surface area contributed by atoms with E-state index in [4.69, 9.17) is 17.3 Å². The highest BCUT2D eigenvalue weighted by molar-refractivity contribution is 7.17. The number of carbonyl (C=O) groups excluding carboxylic acids is 1. The maximum atomic E-state index is 12.6. The zero-order valence-electron chi connectivity index (χ0n) is 12.5. The molecule has 1 atom stereocenters. The highest BCUT2D eigenvalue weighted by Gasteiger charge is 2.27. The monoisotopic (exact) mass is 334 g/mol. The molecule has 1 amide bonds. The average Bonchev–Trinajstić information content (AvgIpc) is 3.13. The van der Waals surface area contributed by atoms with Crippen LogP contribution in [0.1, 0.15) is 21.7 Å². The lowest BCUT2D eigenvalue weighted by Crippen LogP contribution is -2.29. The number of likely N-dealkylation sites (tertiary alicyclic amines) is 1. The van der Waals surface area contributed by atoms with E-state index in [1.807, 2.05) is 42.2 Å². The number of nitrogens with two attached hydrogens (primary N) is 1. The first-order valence-electron chi connectivity index (χ1n) is 7.44. The number of halogens is 1. The fourth-order valence-electron chi connectivity index (χ4n) is 2.87. The molecular formula is C17H19ClN2OS. The van der Waals surface area contributed by atoms with E-state index in [0.29, 0.717) is 17.5 Å². The Morgan fingerprint density at radius 2 is 2.27 bits per heavy atom. The van der Waals surface area contributed by atoms with Gasteiger partial charge in [-0.1, -0.05) is 23.7 Å². The number of benzene rings is 1. The molecule has 0 saturated carbocycles. The molecule has 5 heteroatoms. The van der Waals surface area contributed by atoms with Gasteiger partial charge < -0.3 is 10.6 Å². The van der Waals surface area contributed by atoms with Gasteiger partial charge in [0.25, 0.3) is 5.91 Å². The molecule has 2 aromatic rings. The fourth-order valence-corrected chi connectivity index (χ4v) is 4.20. The molecule has 22 heavy (non-hydrogen) atoms. The summed E-state index contributed by atoms with van der Waals surface area (Å²) in [5.74, 6) is 0.565. The molecule has 0 bridgehead atoms. The highest BCUT2D eigenvalue weighted by Crippen LogP contribution is 2.34. The van der Waals surface area contributed by atoms with E-state index >= 15 is 0 Å². The molecular weight excluding hydrogens is 316 g/mol. The zero-order valence-corrected chi connectivity index (χ0v) is 14.1. The van der Waals surface area contributed by atoms with Crippen LogP contribution in [0.2, 0.25) is 5.02 Å². The molecule has 0 radical (unpaired) electrons. The summed E-state index contributed by atoms with van der Waals surface area (Å²) in [4.78, 5) is 16.5. The minimum Gasteiger partial charge on any atom is -0.338 e. The number of thiophene rings is 1. The molecule has 1 fully saturated rings. The van der Waals surface area contributed by atoms with Crippen molar-refractivity contribution in [3.8, 4) is 10.4 Å². The van der Waals surface area contributed by atoms with Gasteiger partial charge in [0, 0.05) is 23.0 Å². The van der Waals surface area contributed by atoms with E-state index in [9.17, 15) is 4.79 Å². The van der Waals surface area contributed by atoms with Crippen molar-refractivity contribution >= 4 is 28.8 Å². The molecule has 0 aliphatic carbocycles. The highest BCUT2D eigenvalue weighted by atomic mass is 35.5. The standard InChI is InChI=1S/C17H19ClN2OS/c1-11-7-15(17(21)20-6-5-12(9-19)10-20)22-16(11)13-3-2-4-14(18)8-13/h2-4,7-8,12H,5-6,9-10,19H2,1H3. The lowest BCUT2D eigenvalue weighted by molar-refractivity contribution is 0.0792. The zero-order chi connectivity index (χ0) is 15.7. The summed E-state index contributed by atoms with van der Waals surface area (Å²) in [6.45, 7) is 4.28. The number of nitrogens with zero attached hydrogens (tertiary/aromatic N) is 1. The Morgan fingerprint density at radius 3 is 2.95 bits per heavy atom. The molecule has 1 aromatic heterocycles. The quantitative estimate of drug-likeness (QED) is 0.928. The fraction of sp³-hybridized carbons (Fsp3) is 0.353. The van der Waals surface area contributed by atoms with Crippen LogP contribution in [-0.4, -0.2) is 30.4 Å². The second-order valence-electron chi connectivity index (χ2n) is 5.77. The SMILES string of the molecule is Cc1cc(C(=O)N2CCC(CN)C2)sc1-c1cccc(Cl)c1. The number of aryl methyl sites for hydroxylation is 1. The van der Waals surface area contributed by atoms with E-state index in [1.165, 1.54) is 0 Å². The van der Waals surface area contributed by atoms with E-state index in [0.717, 1.165) is 40.4 Å². The predicted octanol–water partition coefficient (Wildman–Crippen LogP) is 3.80. The molecule has 1 unspecified atom stereocenters. The van der Waals surface area contributed by atoms with Crippen LogP contribution in [0.25, 0.3) is 10.4 Å². The van der Waals surface area contributed by atoms with Crippen molar-refractivity contribution in [2.45, 2.75) is 13.3 Å². The maximum Gasteiger partial charge on any atom is 0.263 e. The maximum absolute atomic E-state index is 12.6. The topological polar surface area (TPSA) is 46.3 Å². The van der Waals surface area contributed by atoms with Crippen molar-refractivity contribution in [2.75, 3.05) is 19.6 Å². The van der Waals surface area contributed by atoms with Gasteiger partial charge in [0.15, 0.2) is 0 Å². The van der Waals surface area contributed by atoms with E-state index < -0.39 is 0 Å². The summed E-state index contributed by atoms with van der Waals surface area (Å²) in [5.41, 5.74) is 7.89. The summed E-state index contributed by atoms with van der Waals surface area (Å²) >= 11 is 7.61. The minimum absolute atomic E-state index is 0.123. The van der Waals surface area contributed by atoms with Gasteiger partial charge >= 0.3 is 0 Å². The molecule has 0 spiro atoms. The molecule has 1 aromatic carbocycles. The first-order valence-corrected chi connectivity index (χ1v) is 8.63. The van der Waals surface area contributed by atoms with Crippen LogP contribution in [0, 0.1) is 12.8 Å². The van der Waals surface area contributed by atoms with Crippen molar-refractivity contribution in [3.05, 3.63) is 45.8 Å². The summed E-state index contributed by atoms with van der Waals surface area (Å²) in [6.07, 6.45) is 1.01. The molecule has 116 valence electrons. The number of carbonyl (C=O) groups is 1. The Kier molecular flexibility index (Phi) is 4.52. The minimum atomic E-state index is 0.123. The third kappa shape index (κ3) is 3.05. The van der Waals surface area contributed by atoms with Gasteiger partial charge in [-0.2, -0.15) is 0 Å². The van der Waals surface area contributed by atoms with Gasteiger partial charge in [-0.25, -0.2) is 0 Å². The summed E-state index contributed by atoms with van der Waals surface area (Å²) in [5, 5.41) is 0.712. The van der Waals surface area contributed by atoms with Crippen molar-refractivity contribution in [3.63, 3.8) is 0 Å². The van der Waals surface area contributed by atoms with Crippen molar-refractivity contribution in [1.82, 2.24) is 4.90 Å². The lowest BCUT2D eigenvalue weighted by atomic mass is 10.1. The number of amides is 1. The third-order valence-electron chi connectivity index (χ3n) is 4.12. The van der Waals surface area contributed by atoms with E-state index in [-0.39, 0.29) is 5.91 Å². The lowest BCUT2D eigenvalue weighted by Gasteiger charge is -2.14. The smallest absolute Gasteiger partial charge is 0.263 e. The number of hydrogen-bond donors (Lipinski definition) is 1. The Labute approximate surface area is 139 Å². The molecule has 3 nitrogen and oxygen atoms in total. The van der Waals surface area contributed by atoms with Gasteiger partial charge in [-0.15, -0.1) is 11.3 Å². The molecule has 2 N–H and O–H groups in total. The predicted molar refractivity (Wildman–Crippen MR) is 92.6 cm³/mol. The molecule has 2 heterocycles. The van der Waals surface area contributed by atoms with Gasteiger partial charge in [0.1, 0.15) is 0 Å². The first-order chi connectivity index (χ1) is 10.6. The largest absolute Gasteiger partial charge is 0.338 e. The Hall–Kier alpha value is -1.36. The van der Waals surface area contributed by atoms with Crippen molar-refractivity contribution < 1.29 is 4.79 Å². The molecule has 3 rings (SSSR count). The van der Waals surface area contributed by atoms with Crippen LogP contribution >= 0.6 is 22.9 Å². The second-order valence-corrected chi connectivity index (χ2v) is 7.26. The Balaban J connectivity index is 1.85. The molecule has 1 aliphatic rings. The van der Waals surface area contributed by atoms with Crippen LogP contribution in [-0.2, 0) is 0 Å². The first kappa shape index (κ1) is 15.5. The number of rotatable bonds is 3. The molecule has 1 saturated heterocycles. The van der Waals surface area contributed by atoms with E-state index in [1.54, 1.807) is 11.3 Å². The normalized spacial score (nSPS) is 18.0. The summed E-state index contributed by atoms with van der Waals surface area (Å²) in [7, 11) is 0. The summed E-state index contributed by atoms with van der Waals surface area (Å²) in [6, 6.07) is 9.75. The Bertz CT molecular complexity index is 698. The van der Waals surface area contributed by atoms with Crippen LogP contribution in [0.5, 0.6) is 0 Å². The van der Waals surface area contributed by atoms with Gasteiger partial charge in [0.05, 0.1) is 4.88 Å². The van der Waals surface area contributed by atoms with Crippen molar-refractivity contribution in [2.24, 2.45) is 11.7 Å². The second kappa shape index (κ2) is 6.41. The van der Waals surface area contributed by atoms with E-state index in [2.05, 4.69) is 0 Å². The number of hydrogen-bond acceptors (Lipinski definition) is 3. The Morgan fingerprint density at radius 1 is 1.45 bits per heavy atom. The van der Waals surface area contributed by atoms with Crippen LogP contribution in [0.4, 0.5) is 0 Å². The van der Waals surface area contributed by atoms with Crippen molar-refractivity contribution in [1.29, 1.82) is 0 Å². The average molecular weight is 335 g/mol. The van der Waals surface area contributed by atoms with Gasteiger partial charge in [-0.3, -0.25) is 4.79 Å². The van der Waals surface area contributed by atoms with Crippen LogP contribution in [0.3, 0.4) is 0 Å². The molecule has 1 aliphatic heterocycles. The summed E-state index contributed by atoms with van der Waals surface area (Å²) < 4.78 is 0. The van der Waals surface area contributed by atoms with Gasteiger partial charge in [0.2, 0.25) is 0 Å². The van der Waals surface area contributed by atoms with Crippen LogP contribution < -0.4 is 5.73 Å².